The van der Waals surface area contributed by atoms with Gasteiger partial charge in [-0.05, 0) is 42.4 Å². The Kier molecular flexibility index (Phi) is 5.55. The van der Waals surface area contributed by atoms with Crippen molar-refractivity contribution in [2.45, 2.75) is 19.4 Å². The Morgan fingerprint density at radius 1 is 1.21 bits per heavy atom. The van der Waals surface area contributed by atoms with Crippen molar-refractivity contribution in [2.24, 2.45) is 0 Å². The topological polar surface area (TPSA) is 85.4 Å². The van der Waals surface area contributed by atoms with Gasteiger partial charge in [-0.3, -0.25) is 14.2 Å². The van der Waals surface area contributed by atoms with Crippen molar-refractivity contribution in [3.8, 4) is 11.5 Å². The molecule has 7 nitrogen and oxygen atoms in total. The van der Waals surface area contributed by atoms with Gasteiger partial charge in [-0.2, -0.15) is 0 Å². The number of H-pyrrole nitrogens is 1. The van der Waals surface area contributed by atoms with Gasteiger partial charge >= 0.3 is 0 Å². The van der Waals surface area contributed by atoms with Crippen LogP contribution in [0.3, 0.4) is 0 Å². The molecular formula is C20H18ClN3O4S. The van der Waals surface area contributed by atoms with Gasteiger partial charge in [-0.15, -0.1) is 0 Å². The summed E-state index contributed by atoms with van der Waals surface area (Å²) in [5, 5.41) is 3.97. The minimum Gasteiger partial charge on any atom is -0.454 e. The summed E-state index contributed by atoms with van der Waals surface area (Å²) in [7, 11) is 0. The minimum absolute atomic E-state index is 0.122. The van der Waals surface area contributed by atoms with Gasteiger partial charge in [-0.1, -0.05) is 23.7 Å². The maximum Gasteiger partial charge on any atom is 0.262 e. The van der Waals surface area contributed by atoms with Crippen molar-refractivity contribution in [1.82, 2.24) is 14.9 Å². The van der Waals surface area contributed by atoms with Crippen molar-refractivity contribution in [3.05, 3.63) is 62.1 Å². The number of carbonyl (C=O) groups is 1. The summed E-state index contributed by atoms with van der Waals surface area (Å²) >= 11 is 11.2. The molecule has 1 amide bonds. The van der Waals surface area contributed by atoms with Gasteiger partial charge in [0.15, 0.2) is 16.3 Å². The first kappa shape index (κ1) is 19.5. The van der Waals surface area contributed by atoms with E-state index in [0.29, 0.717) is 40.4 Å². The molecule has 1 aromatic heterocycles. The van der Waals surface area contributed by atoms with Crippen LogP contribution in [-0.2, 0) is 17.8 Å². The molecule has 2 heterocycles. The van der Waals surface area contributed by atoms with Crippen LogP contribution in [0.4, 0.5) is 0 Å². The molecule has 3 aromatic rings. The van der Waals surface area contributed by atoms with E-state index in [-0.39, 0.29) is 36.0 Å². The van der Waals surface area contributed by atoms with Crippen LogP contribution >= 0.6 is 23.8 Å². The number of hydrogen-bond acceptors (Lipinski definition) is 5. The second-order valence-electron chi connectivity index (χ2n) is 6.61. The summed E-state index contributed by atoms with van der Waals surface area (Å²) < 4.78 is 12.3. The normalized spacial score (nSPS) is 12.3. The van der Waals surface area contributed by atoms with Gasteiger partial charge in [-0.25, -0.2) is 0 Å². The number of aromatic nitrogens is 2. The lowest BCUT2D eigenvalue weighted by molar-refractivity contribution is -0.121. The zero-order chi connectivity index (χ0) is 20.4. The number of ether oxygens (including phenoxy) is 2. The van der Waals surface area contributed by atoms with E-state index in [9.17, 15) is 9.59 Å². The lowest BCUT2D eigenvalue weighted by Gasteiger charge is -2.09. The smallest absolute Gasteiger partial charge is 0.262 e. The van der Waals surface area contributed by atoms with Gasteiger partial charge in [0, 0.05) is 30.6 Å². The Bertz CT molecular complexity index is 1190. The quantitative estimate of drug-likeness (QED) is 0.585. The Morgan fingerprint density at radius 2 is 1.93 bits per heavy atom. The third-order valence-corrected chi connectivity index (χ3v) is 5.26. The van der Waals surface area contributed by atoms with E-state index in [1.807, 2.05) is 24.3 Å². The van der Waals surface area contributed by atoms with Crippen molar-refractivity contribution < 1.29 is 14.3 Å². The lowest BCUT2D eigenvalue weighted by Crippen LogP contribution is -2.29. The molecule has 29 heavy (non-hydrogen) atoms. The van der Waals surface area contributed by atoms with Crippen LogP contribution in [0.25, 0.3) is 10.9 Å². The number of hydrogen-bond donors (Lipinski definition) is 2. The van der Waals surface area contributed by atoms with E-state index >= 15 is 0 Å². The number of carbonyl (C=O) groups excluding carboxylic acids is 1. The summed E-state index contributed by atoms with van der Waals surface area (Å²) in [4.78, 5) is 28.0. The van der Waals surface area contributed by atoms with E-state index in [4.69, 9.17) is 33.3 Å². The van der Waals surface area contributed by atoms with Gasteiger partial charge in [0.05, 0.1) is 10.9 Å². The van der Waals surface area contributed by atoms with Crippen LogP contribution in [0.5, 0.6) is 11.5 Å². The molecule has 0 radical (unpaired) electrons. The largest absolute Gasteiger partial charge is 0.454 e. The van der Waals surface area contributed by atoms with E-state index in [0.717, 1.165) is 5.56 Å². The fourth-order valence-electron chi connectivity index (χ4n) is 3.14. The van der Waals surface area contributed by atoms with E-state index in [2.05, 4.69) is 10.3 Å². The molecule has 0 atom stereocenters. The minimum atomic E-state index is -0.268. The van der Waals surface area contributed by atoms with Crippen molar-refractivity contribution >= 4 is 40.6 Å². The number of benzene rings is 2. The first-order valence-electron chi connectivity index (χ1n) is 9.09. The number of amides is 1. The number of halogens is 1. The maximum atomic E-state index is 12.8. The van der Waals surface area contributed by atoms with E-state index in [1.54, 1.807) is 12.1 Å². The molecule has 4 rings (SSSR count). The molecule has 1 aliphatic heterocycles. The fraction of sp³-hybridized carbons (Fsp3) is 0.250. The molecule has 2 aromatic carbocycles. The third-order valence-electron chi connectivity index (χ3n) is 4.69. The highest BCUT2D eigenvalue weighted by atomic mass is 35.5. The zero-order valence-corrected chi connectivity index (χ0v) is 16.9. The predicted molar refractivity (Wildman–Crippen MR) is 112 cm³/mol. The highest BCUT2D eigenvalue weighted by Gasteiger charge is 2.17. The second kappa shape index (κ2) is 8.26. The van der Waals surface area contributed by atoms with Gasteiger partial charge in [0.2, 0.25) is 12.7 Å². The van der Waals surface area contributed by atoms with Gasteiger partial charge < -0.3 is 19.8 Å². The van der Waals surface area contributed by atoms with E-state index < -0.39 is 0 Å². The standard InChI is InChI=1S/C20H18ClN3O4S/c21-13-3-1-12(2-4-13)5-7-22-18(25)6-8-24-19(26)14-9-16-17(28-11-27-16)10-15(14)23-20(24)29/h1-4,9-10H,5-8,11H2,(H,22,25)(H,23,29). The van der Waals surface area contributed by atoms with Crippen LogP contribution in [0.1, 0.15) is 12.0 Å². The molecule has 0 bridgehead atoms. The lowest BCUT2D eigenvalue weighted by atomic mass is 10.1. The second-order valence-corrected chi connectivity index (χ2v) is 7.44. The van der Waals surface area contributed by atoms with E-state index in [1.165, 1.54) is 4.57 Å². The number of aromatic amines is 1. The Balaban J connectivity index is 1.40. The summed E-state index contributed by atoms with van der Waals surface area (Å²) in [6.45, 7) is 0.811. The molecule has 0 unspecified atom stereocenters. The number of rotatable bonds is 6. The highest BCUT2D eigenvalue weighted by molar-refractivity contribution is 7.71. The SMILES string of the molecule is O=C(CCn1c(=S)[nH]c2cc3c(cc2c1=O)OCO3)NCCc1ccc(Cl)cc1. The van der Waals surface area contributed by atoms with Crippen LogP contribution in [0.2, 0.25) is 5.02 Å². The average molecular weight is 432 g/mol. The number of nitrogens with zero attached hydrogens (tertiary/aromatic N) is 1. The zero-order valence-electron chi connectivity index (χ0n) is 15.4. The molecule has 2 N–H and O–H groups in total. The molecule has 0 fully saturated rings. The molecule has 1 aliphatic rings. The molecule has 0 saturated carbocycles. The summed E-state index contributed by atoms with van der Waals surface area (Å²) in [6.07, 6.45) is 0.847. The fourth-order valence-corrected chi connectivity index (χ4v) is 3.55. The first-order valence-corrected chi connectivity index (χ1v) is 9.87. The summed E-state index contributed by atoms with van der Waals surface area (Å²) in [6, 6.07) is 10.8. The molecule has 150 valence electrons. The number of fused-ring (bicyclic) bond motifs is 2. The van der Waals surface area contributed by atoms with Crippen LogP contribution in [0.15, 0.2) is 41.2 Å². The number of nitrogens with one attached hydrogen (secondary N) is 2. The predicted octanol–water partition coefficient (Wildman–Crippen LogP) is 3.19. The van der Waals surface area contributed by atoms with Crippen molar-refractivity contribution in [3.63, 3.8) is 0 Å². The van der Waals surface area contributed by atoms with Crippen LogP contribution < -0.4 is 20.3 Å². The third kappa shape index (κ3) is 4.28. The Morgan fingerprint density at radius 3 is 2.69 bits per heavy atom. The average Bonchev–Trinajstić information content (AvgIpc) is 3.15. The highest BCUT2D eigenvalue weighted by Crippen LogP contribution is 2.34. The van der Waals surface area contributed by atoms with Crippen molar-refractivity contribution in [1.29, 1.82) is 0 Å². The molecule has 0 saturated heterocycles. The molecule has 0 spiro atoms. The summed E-state index contributed by atoms with van der Waals surface area (Å²) in [5.74, 6) is 0.943. The van der Waals surface area contributed by atoms with Gasteiger partial charge in [0.25, 0.3) is 5.56 Å². The monoisotopic (exact) mass is 431 g/mol. The first-order chi connectivity index (χ1) is 14.0. The Hall–Kier alpha value is -2.84. The van der Waals surface area contributed by atoms with Crippen LogP contribution in [0, 0.1) is 4.77 Å². The summed E-state index contributed by atoms with van der Waals surface area (Å²) in [5.41, 5.74) is 1.39. The molecular weight excluding hydrogens is 414 g/mol. The molecule has 0 aliphatic carbocycles. The van der Waals surface area contributed by atoms with Gasteiger partial charge in [0.1, 0.15) is 0 Å². The maximum absolute atomic E-state index is 12.8. The molecule has 9 heteroatoms. The van der Waals surface area contributed by atoms with Crippen LogP contribution in [-0.4, -0.2) is 28.8 Å². The Labute approximate surface area is 176 Å². The van der Waals surface area contributed by atoms with Crippen molar-refractivity contribution in [2.75, 3.05) is 13.3 Å².